The molecule has 0 spiro atoms. The molecule has 0 radical (unpaired) electrons. The molecule has 0 unspecified atom stereocenters. The first-order chi connectivity index (χ1) is 17.3. The van der Waals surface area contributed by atoms with E-state index in [0.29, 0.717) is 6.08 Å². The number of carbonyl (C=O) groups is 4. The standard InChI is InChI=1S/C18H26N3O16/c1-2-11(22)35-15-10(9-33-12(23)3-6-19(27)28)34-18(26)17(37-14(25)5-8-21(31)32)16(15)36-13(24)4-7-20(29)30/h2,10,15-18,26-27,29,31H,1,3-9H2/q-3/t10-,15-,16+,17-,18+/m1/s1. The maximum Gasteiger partial charge on any atom is 0.330 e. The van der Waals surface area contributed by atoms with Crippen LogP contribution in [0.3, 0.4) is 0 Å². The van der Waals surface area contributed by atoms with Gasteiger partial charge in [-0.2, -0.15) is 0 Å². The normalized spacial score (nSPS) is 23.6. The molecule has 37 heavy (non-hydrogen) atoms. The predicted octanol–water partition coefficient (Wildman–Crippen LogP) is -2.09. The summed E-state index contributed by atoms with van der Waals surface area (Å²) in [6, 6.07) is 0. The topological polar surface area (TPSA) is 274 Å². The third-order valence-electron chi connectivity index (χ3n) is 4.49. The van der Waals surface area contributed by atoms with Gasteiger partial charge in [-0.05, 0) is 0 Å². The first-order valence-corrected chi connectivity index (χ1v) is 10.5. The van der Waals surface area contributed by atoms with Crippen molar-refractivity contribution in [2.45, 2.75) is 50.0 Å². The minimum Gasteiger partial charge on any atom is -0.762 e. The SMILES string of the molecule is C=CC(=O)O[C@H]1[C@H](OC(=O)CCN([O-])O)[C@@H](OC(=O)CCN([O-])O)[C@@H](O)O[C@@H]1COC(=O)CCN([O-])O. The Kier molecular flexibility index (Phi) is 14.0. The van der Waals surface area contributed by atoms with Crippen LogP contribution in [0.5, 0.6) is 0 Å². The van der Waals surface area contributed by atoms with Gasteiger partial charge in [-0.1, -0.05) is 6.58 Å². The maximum absolute atomic E-state index is 12.2. The molecular formula is C18H26N3O16-3. The van der Waals surface area contributed by atoms with Gasteiger partial charge in [0.1, 0.15) is 12.7 Å². The van der Waals surface area contributed by atoms with Crippen LogP contribution >= 0.6 is 0 Å². The largest absolute Gasteiger partial charge is 0.762 e. The summed E-state index contributed by atoms with van der Waals surface area (Å²) in [4.78, 5) is 48.1. The van der Waals surface area contributed by atoms with E-state index in [1.54, 1.807) is 0 Å². The number of ether oxygens (including phenoxy) is 5. The molecule has 19 nitrogen and oxygen atoms in total. The highest BCUT2D eigenvalue weighted by atomic mass is 16.8. The molecule has 0 aromatic heterocycles. The Bertz CT molecular complexity index is 778. The fraction of sp³-hybridized carbons (Fsp3) is 0.667. The Morgan fingerprint density at radius 3 is 1.70 bits per heavy atom. The third-order valence-corrected chi connectivity index (χ3v) is 4.49. The van der Waals surface area contributed by atoms with Crippen LogP contribution in [0.4, 0.5) is 0 Å². The van der Waals surface area contributed by atoms with Crippen LogP contribution in [-0.4, -0.2) is 117 Å². The number of esters is 4. The minimum absolute atomic E-state index is 0.524. The molecule has 1 aliphatic heterocycles. The number of aliphatic hydroxyl groups is 1. The lowest BCUT2D eigenvalue weighted by Crippen LogP contribution is -2.62. The second-order valence-electron chi connectivity index (χ2n) is 7.24. The summed E-state index contributed by atoms with van der Waals surface area (Å²) in [7, 11) is 0. The van der Waals surface area contributed by atoms with Gasteiger partial charge in [0.05, 0.1) is 19.3 Å². The molecule has 1 fully saturated rings. The van der Waals surface area contributed by atoms with Gasteiger partial charge in [-0.25, -0.2) is 4.79 Å². The Balaban J connectivity index is 3.18. The van der Waals surface area contributed by atoms with Crippen molar-refractivity contribution in [1.82, 2.24) is 15.7 Å². The maximum atomic E-state index is 12.2. The van der Waals surface area contributed by atoms with Gasteiger partial charge in [0, 0.05) is 25.7 Å². The number of hydrogen-bond acceptors (Lipinski definition) is 19. The van der Waals surface area contributed by atoms with Gasteiger partial charge in [0.15, 0.2) is 24.6 Å². The molecule has 0 bridgehead atoms. The molecule has 0 aliphatic carbocycles. The van der Waals surface area contributed by atoms with Crippen molar-refractivity contribution >= 4 is 23.9 Å². The van der Waals surface area contributed by atoms with Crippen molar-refractivity contribution in [3.8, 4) is 0 Å². The van der Waals surface area contributed by atoms with Crippen molar-refractivity contribution in [3.63, 3.8) is 0 Å². The van der Waals surface area contributed by atoms with Crippen LogP contribution in [0.25, 0.3) is 0 Å². The number of nitrogens with zero attached hydrogens (tertiary/aromatic N) is 3. The van der Waals surface area contributed by atoms with Crippen molar-refractivity contribution < 1.29 is 63.6 Å². The highest BCUT2D eigenvalue weighted by molar-refractivity contribution is 5.81. The fourth-order valence-corrected chi connectivity index (χ4v) is 2.84. The minimum atomic E-state index is -2.09. The van der Waals surface area contributed by atoms with E-state index in [1.165, 1.54) is 0 Å². The Hall–Kier alpha value is -2.82. The van der Waals surface area contributed by atoms with Crippen molar-refractivity contribution in [2.24, 2.45) is 0 Å². The first kappa shape index (κ1) is 32.2. The summed E-state index contributed by atoms with van der Waals surface area (Å²) in [5.41, 5.74) is 0. The van der Waals surface area contributed by atoms with Crippen LogP contribution in [0.1, 0.15) is 19.3 Å². The van der Waals surface area contributed by atoms with Gasteiger partial charge in [0.2, 0.25) is 0 Å². The average molecular weight is 540 g/mol. The molecule has 1 saturated heterocycles. The lowest BCUT2D eigenvalue weighted by molar-refractivity contribution is -0.296. The second-order valence-corrected chi connectivity index (χ2v) is 7.24. The molecular weight excluding hydrogens is 514 g/mol. The summed E-state index contributed by atoms with van der Waals surface area (Å²) in [5.74, 6) is -4.51. The Morgan fingerprint density at radius 2 is 1.24 bits per heavy atom. The number of rotatable bonds is 15. The molecule has 212 valence electrons. The molecule has 5 atom stereocenters. The number of aliphatic hydroxyl groups excluding tert-OH is 1. The predicted molar refractivity (Wildman–Crippen MR) is 111 cm³/mol. The lowest BCUT2D eigenvalue weighted by Gasteiger charge is -2.42. The number of hydrogen-bond donors (Lipinski definition) is 4. The van der Waals surface area contributed by atoms with Crippen LogP contribution in [0, 0.1) is 15.6 Å². The van der Waals surface area contributed by atoms with Gasteiger partial charge in [0.25, 0.3) is 0 Å². The summed E-state index contributed by atoms with van der Waals surface area (Å²) in [6.07, 6.45) is -10.4. The summed E-state index contributed by atoms with van der Waals surface area (Å²) >= 11 is 0. The Labute approximate surface area is 208 Å². The highest BCUT2D eigenvalue weighted by Gasteiger charge is 2.52. The van der Waals surface area contributed by atoms with Crippen molar-refractivity contribution in [3.05, 3.63) is 28.3 Å². The molecule has 0 aromatic carbocycles. The van der Waals surface area contributed by atoms with Crippen molar-refractivity contribution in [1.29, 1.82) is 0 Å². The fourth-order valence-electron chi connectivity index (χ4n) is 2.84. The third kappa shape index (κ3) is 12.3. The quantitative estimate of drug-likeness (QED) is 0.0749. The van der Waals surface area contributed by atoms with Crippen molar-refractivity contribution in [2.75, 3.05) is 26.2 Å². The average Bonchev–Trinajstić information content (AvgIpc) is 2.82. The molecule has 1 aliphatic rings. The smallest absolute Gasteiger partial charge is 0.330 e. The molecule has 0 amide bonds. The van der Waals surface area contributed by atoms with Gasteiger partial charge in [-0.3, -0.25) is 30.1 Å². The van der Waals surface area contributed by atoms with E-state index in [9.17, 15) is 39.9 Å². The van der Waals surface area contributed by atoms with Crippen LogP contribution < -0.4 is 0 Å². The monoisotopic (exact) mass is 540 g/mol. The molecule has 1 heterocycles. The van der Waals surface area contributed by atoms with Crippen LogP contribution in [0.2, 0.25) is 0 Å². The Morgan fingerprint density at radius 1 is 0.784 bits per heavy atom. The first-order valence-electron chi connectivity index (χ1n) is 10.5. The highest BCUT2D eigenvalue weighted by Crippen LogP contribution is 2.28. The molecule has 0 aromatic rings. The van der Waals surface area contributed by atoms with E-state index >= 15 is 0 Å². The van der Waals surface area contributed by atoms with Gasteiger partial charge in [-0.15, -0.1) is 0 Å². The van der Waals surface area contributed by atoms with E-state index in [4.69, 9.17) is 39.3 Å². The number of carbonyl (C=O) groups excluding carboxylic acids is 4. The van der Waals surface area contributed by atoms with Crippen LogP contribution in [-0.2, 0) is 42.9 Å². The van der Waals surface area contributed by atoms with E-state index in [2.05, 4.69) is 6.58 Å². The molecule has 1 rings (SSSR count). The molecule has 0 saturated carbocycles. The second kappa shape index (κ2) is 16.1. The number of hydroxylamine groups is 6. The van der Waals surface area contributed by atoms with Gasteiger partial charge < -0.3 is 60.0 Å². The summed E-state index contributed by atoms with van der Waals surface area (Å²) in [5, 5.41) is 66.5. The van der Waals surface area contributed by atoms with Crippen LogP contribution in [0.15, 0.2) is 12.7 Å². The lowest BCUT2D eigenvalue weighted by atomic mass is 9.98. The van der Waals surface area contributed by atoms with E-state index in [1.807, 2.05) is 0 Å². The van der Waals surface area contributed by atoms with E-state index in [0.717, 1.165) is 0 Å². The molecule has 19 heteroatoms. The molecule has 4 N–H and O–H groups in total. The zero-order valence-electron chi connectivity index (χ0n) is 19.2. The summed E-state index contributed by atoms with van der Waals surface area (Å²) < 4.78 is 25.3. The van der Waals surface area contributed by atoms with Gasteiger partial charge >= 0.3 is 23.9 Å². The zero-order valence-corrected chi connectivity index (χ0v) is 19.2. The van der Waals surface area contributed by atoms with E-state index < -0.39 is 116 Å². The summed E-state index contributed by atoms with van der Waals surface area (Å²) in [6.45, 7) is 0.319. The zero-order chi connectivity index (χ0) is 28.1. The van der Waals surface area contributed by atoms with E-state index in [-0.39, 0.29) is 0 Å².